The highest BCUT2D eigenvalue weighted by atomic mass is 32.2. The Bertz CT molecular complexity index is 297. The Hall–Kier alpha value is -0.130. The van der Waals surface area contributed by atoms with Crippen LogP contribution in [0, 0.1) is 5.92 Å². The molecule has 17 heavy (non-hydrogen) atoms. The molecule has 102 valence electrons. The predicted molar refractivity (Wildman–Crippen MR) is 70.0 cm³/mol. The molecule has 1 rings (SSSR count). The molecule has 0 aromatic carbocycles. The first-order valence-electron chi connectivity index (χ1n) is 6.52. The van der Waals surface area contributed by atoms with Crippen LogP contribution in [0.5, 0.6) is 0 Å². The molecule has 1 aliphatic rings. The lowest BCUT2D eigenvalue weighted by atomic mass is 9.89. The molecular formula is C12H25NO3S. The molecule has 1 aliphatic heterocycles. The Balaban J connectivity index is 2.36. The van der Waals surface area contributed by atoms with E-state index in [0.29, 0.717) is 17.7 Å². The van der Waals surface area contributed by atoms with E-state index in [1.807, 2.05) is 0 Å². The second kappa shape index (κ2) is 7.34. The van der Waals surface area contributed by atoms with E-state index >= 15 is 0 Å². The monoisotopic (exact) mass is 263 g/mol. The first-order valence-corrected chi connectivity index (χ1v) is 8.58. The van der Waals surface area contributed by atoms with Gasteiger partial charge in [-0.1, -0.05) is 6.92 Å². The standard InChI is InChI=1S/C12H25NO3S/c1-3-13-12(5-4-10-17(2,14)15)11-6-8-16-9-7-11/h11-13H,3-10H2,1-2H3. The maximum atomic E-state index is 11.1. The van der Waals surface area contributed by atoms with Crippen molar-refractivity contribution in [3.8, 4) is 0 Å². The van der Waals surface area contributed by atoms with Gasteiger partial charge in [0.15, 0.2) is 0 Å². The molecule has 1 N–H and O–H groups in total. The van der Waals surface area contributed by atoms with Gasteiger partial charge in [-0.25, -0.2) is 8.42 Å². The fraction of sp³-hybridized carbons (Fsp3) is 1.00. The van der Waals surface area contributed by atoms with Crippen molar-refractivity contribution in [2.24, 2.45) is 5.92 Å². The van der Waals surface area contributed by atoms with E-state index in [2.05, 4.69) is 12.2 Å². The third kappa shape index (κ3) is 6.38. The maximum absolute atomic E-state index is 11.1. The van der Waals surface area contributed by atoms with Crippen molar-refractivity contribution in [1.82, 2.24) is 5.32 Å². The summed E-state index contributed by atoms with van der Waals surface area (Å²) in [6, 6.07) is 0.450. The minimum absolute atomic E-state index is 0.304. The third-order valence-corrected chi connectivity index (χ3v) is 4.36. The third-order valence-electron chi connectivity index (χ3n) is 3.33. The molecule has 0 saturated carbocycles. The number of ether oxygens (including phenoxy) is 1. The summed E-state index contributed by atoms with van der Waals surface area (Å²) in [5.74, 6) is 0.946. The van der Waals surface area contributed by atoms with Gasteiger partial charge in [0.25, 0.3) is 0 Å². The molecule has 5 heteroatoms. The van der Waals surface area contributed by atoms with Gasteiger partial charge in [-0.3, -0.25) is 0 Å². The second-order valence-corrected chi connectivity index (χ2v) is 7.15. The van der Waals surface area contributed by atoms with Gasteiger partial charge in [0, 0.05) is 31.3 Å². The summed E-state index contributed by atoms with van der Waals surface area (Å²) in [6.45, 7) is 4.74. The molecule has 0 spiro atoms. The summed E-state index contributed by atoms with van der Waals surface area (Å²) in [5, 5.41) is 3.49. The van der Waals surface area contributed by atoms with Gasteiger partial charge in [0.1, 0.15) is 9.84 Å². The van der Waals surface area contributed by atoms with Crippen LogP contribution in [0.15, 0.2) is 0 Å². The number of hydrogen-bond donors (Lipinski definition) is 1. The van der Waals surface area contributed by atoms with E-state index < -0.39 is 9.84 Å². The zero-order valence-corrected chi connectivity index (χ0v) is 11.8. The minimum Gasteiger partial charge on any atom is -0.381 e. The summed E-state index contributed by atoms with van der Waals surface area (Å²) in [6.07, 6.45) is 5.20. The lowest BCUT2D eigenvalue weighted by Crippen LogP contribution is -2.39. The normalized spacial score (nSPS) is 20.4. The summed E-state index contributed by atoms with van der Waals surface area (Å²) in [7, 11) is -2.82. The van der Waals surface area contributed by atoms with Crippen molar-refractivity contribution < 1.29 is 13.2 Å². The molecule has 1 unspecified atom stereocenters. The average molecular weight is 263 g/mol. The van der Waals surface area contributed by atoms with Crippen LogP contribution in [0.1, 0.15) is 32.6 Å². The Morgan fingerprint density at radius 1 is 1.35 bits per heavy atom. The minimum atomic E-state index is -2.82. The van der Waals surface area contributed by atoms with Crippen molar-refractivity contribution in [3.63, 3.8) is 0 Å². The number of nitrogens with one attached hydrogen (secondary N) is 1. The fourth-order valence-corrected chi connectivity index (χ4v) is 3.14. The van der Waals surface area contributed by atoms with Gasteiger partial charge in [0.2, 0.25) is 0 Å². The predicted octanol–water partition coefficient (Wildman–Crippen LogP) is 1.22. The summed E-state index contributed by atoms with van der Waals surface area (Å²) < 4.78 is 27.6. The van der Waals surface area contributed by atoms with E-state index in [1.165, 1.54) is 6.26 Å². The molecule has 0 bridgehead atoms. The topological polar surface area (TPSA) is 55.4 Å². The van der Waals surface area contributed by atoms with Crippen LogP contribution in [0.2, 0.25) is 0 Å². The molecule has 1 heterocycles. The molecule has 1 fully saturated rings. The molecular weight excluding hydrogens is 238 g/mol. The second-order valence-electron chi connectivity index (χ2n) is 4.89. The highest BCUT2D eigenvalue weighted by Crippen LogP contribution is 2.21. The van der Waals surface area contributed by atoms with Crippen molar-refractivity contribution in [2.45, 2.75) is 38.6 Å². The zero-order chi connectivity index (χ0) is 12.7. The Morgan fingerprint density at radius 2 is 2.00 bits per heavy atom. The van der Waals surface area contributed by atoms with Crippen molar-refractivity contribution in [1.29, 1.82) is 0 Å². The van der Waals surface area contributed by atoms with Crippen LogP contribution >= 0.6 is 0 Å². The van der Waals surface area contributed by atoms with E-state index in [1.54, 1.807) is 0 Å². The summed E-state index contributed by atoms with van der Waals surface area (Å²) in [4.78, 5) is 0. The Kier molecular flexibility index (Phi) is 6.44. The van der Waals surface area contributed by atoms with Gasteiger partial charge in [0.05, 0.1) is 0 Å². The molecule has 1 atom stereocenters. The number of rotatable bonds is 7. The highest BCUT2D eigenvalue weighted by molar-refractivity contribution is 7.90. The molecule has 0 radical (unpaired) electrons. The molecule has 0 amide bonds. The summed E-state index contributed by atoms with van der Waals surface area (Å²) in [5.41, 5.74) is 0. The lowest BCUT2D eigenvalue weighted by molar-refractivity contribution is 0.0527. The van der Waals surface area contributed by atoms with Crippen LogP contribution in [-0.2, 0) is 14.6 Å². The van der Waals surface area contributed by atoms with Gasteiger partial charge in [-0.15, -0.1) is 0 Å². The van der Waals surface area contributed by atoms with Gasteiger partial charge < -0.3 is 10.1 Å². The maximum Gasteiger partial charge on any atom is 0.147 e. The largest absolute Gasteiger partial charge is 0.381 e. The van der Waals surface area contributed by atoms with E-state index in [4.69, 9.17) is 4.74 Å². The van der Waals surface area contributed by atoms with Gasteiger partial charge in [-0.05, 0) is 38.1 Å². The Labute approximate surface area is 105 Å². The summed E-state index contributed by atoms with van der Waals surface area (Å²) >= 11 is 0. The number of hydrogen-bond acceptors (Lipinski definition) is 4. The first kappa shape index (κ1) is 14.9. The van der Waals surface area contributed by atoms with Crippen molar-refractivity contribution in [3.05, 3.63) is 0 Å². The van der Waals surface area contributed by atoms with E-state index in [0.717, 1.165) is 45.4 Å². The van der Waals surface area contributed by atoms with Crippen LogP contribution < -0.4 is 5.32 Å². The van der Waals surface area contributed by atoms with Gasteiger partial charge >= 0.3 is 0 Å². The van der Waals surface area contributed by atoms with Crippen LogP contribution in [-0.4, -0.2) is 46.2 Å². The quantitative estimate of drug-likeness (QED) is 0.750. The SMILES string of the molecule is CCNC(CCCS(C)(=O)=O)C1CCOCC1. The molecule has 0 aromatic heterocycles. The van der Waals surface area contributed by atoms with E-state index in [9.17, 15) is 8.42 Å². The fourth-order valence-electron chi connectivity index (χ4n) is 2.45. The molecule has 0 aliphatic carbocycles. The molecule has 1 saturated heterocycles. The van der Waals surface area contributed by atoms with Crippen LogP contribution in [0.25, 0.3) is 0 Å². The zero-order valence-electron chi connectivity index (χ0n) is 10.9. The van der Waals surface area contributed by atoms with Crippen molar-refractivity contribution in [2.75, 3.05) is 31.8 Å². The lowest BCUT2D eigenvalue weighted by Gasteiger charge is -2.31. The number of sulfone groups is 1. The first-order chi connectivity index (χ1) is 8.03. The van der Waals surface area contributed by atoms with Gasteiger partial charge in [-0.2, -0.15) is 0 Å². The molecule has 4 nitrogen and oxygen atoms in total. The van der Waals surface area contributed by atoms with Crippen molar-refractivity contribution >= 4 is 9.84 Å². The molecule has 0 aromatic rings. The van der Waals surface area contributed by atoms with Crippen LogP contribution in [0.4, 0.5) is 0 Å². The smallest absolute Gasteiger partial charge is 0.147 e. The Morgan fingerprint density at radius 3 is 2.53 bits per heavy atom. The van der Waals surface area contributed by atoms with E-state index in [-0.39, 0.29) is 0 Å². The van der Waals surface area contributed by atoms with Crippen LogP contribution in [0.3, 0.4) is 0 Å². The highest BCUT2D eigenvalue weighted by Gasteiger charge is 2.23. The average Bonchev–Trinajstić information content (AvgIpc) is 2.27.